The molecule has 2 aromatic heterocycles. The fourth-order valence-electron chi connectivity index (χ4n) is 3.28. The first-order chi connectivity index (χ1) is 14.5. The smallest absolute Gasteiger partial charge is 0.316 e. The molecule has 1 aliphatic heterocycles. The van der Waals surface area contributed by atoms with E-state index in [1.807, 2.05) is 31.3 Å². The number of pyridine rings is 1. The second-order valence-corrected chi connectivity index (χ2v) is 6.86. The van der Waals surface area contributed by atoms with Crippen molar-refractivity contribution in [3.63, 3.8) is 0 Å². The fourth-order valence-corrected chi connectivity index (χ4v) is 3.28. The summed E-state index contributed by atoms with van der Waals surface area (Å²) >= 11 is 0. The van der Waals surface area contributed by atoms with E-state index in [1.165, 1.54) is 0 Å². The Morgan fingerprint density at radius 3 is 2.70 bits per heavy atom. The van der Waals surface area contributed by atoms with E-state index in [4.69, 9.17) is 5.73 Å². The number of allylic oxidation sites excluding steroid dienone is 2. The Kier molecular flexibility index (Phi) is 5.13. The van der Waals surface area contributed by atoms with Gasteiger partial charge in [0.05, 0.1) is 5.69 Å². The molecule has 3 heterocycles. The highest BCUT2D eigenvalue weighted by Crippen LogP contribution is 2.37. The van der Waals surface area contributed by atoms with Gasteiger partial charge in [-0.25, -0.2) is 4.79 Å². The van der Waals surface area contributed by atoms with Crippen LogP contribution < -0.4 is 16.4 Å². The highest BCUT2D eigenvalue weighted by molar-refractivity contribution is 6.24. The van der Waals surface area contributed by atoms with Gasteiger partial charge in [0.15, 0.2) is 0 Å². The van der Waals surface area contributed by atoms with Crippen molar-refractivity contribution in [1.29, 1.82) is 0 Å². The molecule has 1 aliphatic rings. The van der Waals surface area contributed by atoms with Crippen LogP contribution in [0.1, 0.15) is 34.1 Å². The minimum absolute atomic E-state index is 0.151. The predicted molar refractivity (Wildman–Crippen MR) is 116 cm³/mol. The van der Waals surface area contributed by atoms with Crippen molar-refractivity contribution in [2.75, 3.05) is 5.32 Å². The first kappa shape index (κ1) is 19.1. The van der Waals surface area contributed by atoms with Gasteiger partial charge in [0.2, 0.25) is 0 Å². The second kappa shape index (κ2) is 8.04. The molecule has 150 valence electrons. The summed E-state index contributed by atoms with van der Waals surface area (Å²) in [5.74, 6) is -0.151. The number of nitrogens with two attached hydrogens (primary N) is 1. The van der Waals surface area contributed by atoms with Gasteiger partial charge in [-0.15, -0.1) is 0 Å². The van der Waals surface area contributed by atoms with Crippen molar-refractivity contribution >= 4 is 40.7 Å². The van der Waals surface area contributed by atoms with Crippen molar-refractivity contribution in [2.24, 2.45) is 10.7 Å². The molecule has 0 aliphatic carbocycles. The molecule has 1 aromatic carbocycles. The van der Waals surface area contributed by atoms with E-state index < -0.39 is 6.03 Å². The van der Waals surface area contributed by atoms with Gasteiger partial charge in [-0.3, -0.25) is 14.8 Å². The third-order valence-corrected chi connectivity index (χ3v) is 4.83. The fraction of sp³-hybridized carbons (Fsp3) is 0.0909. The van der Waals surface area contributed by atoms with Crippen molar-refractivity contribution in [2.45, 2.75) is 13.5 Å². The molecule has 0 fully saturated rings. The number of carbonyl (C=O) groups is 2. The van der Waals surface area contributed by atoms with E-state index in [0.29, 0.717) is 17.8 Å². The molecule has 8 heteroatoms. The third kappa shape index (κ3) is 3.97. The number of hydrogen-bond donors (Lipinski definition) is 4. The molecule has 0 radical (unpaired) electrons. The number of fused-ring (bicyclic) bond motifs is 1. The number of aliphatic imine (C=N–C) groups is 1. The molecule has 30 heavy (non-hydrogen) atoms. The molecule has 0 saturated carbocycles. The van der Waals surface area contributed by atoms with Gasteiger partial charge >= 0.3 is 6.03 Å². The molecule has 0 unspecified atom stereocenters. The molecule has 0 spiro atoms. The first-order valence-corrected chi connectivity index (χ1v) is 9.33. The van der Waals surface area contributed by atoms with E-state index in [0.717, 1.165) is 33.7 Å². The summed E-state index contributed by atoms with van der Waals surface area (Å²) in [4.78, 5) is 34.9. The number of anilines is 1. The number of amides is 3. The maximum atomic E-state index is 12.2. The number of rotatable bonds is 5. The van der Waals surface area contributed by atoms with Gasteiger partial charge in [-0.05, 0) is 54.5 Å². The zero-order chi connectivity index (χ0) is 21.1. The molecule has 5 N–H and O–H groups in total. The minimum atomic E-state index is -0.612. The van der Waals surface area contributed by atoms with Crippen molar-refractivity contribution < 1.29 is 9.59 Å². The minimum Gasteiger partial charge on any atom is -0.361 e. The maximum Gasteiger partial charge on any atom is 0.316 e. The van der Waals surface area contributed by atoms with Crippen LogP contribution in [0, 0.1) is 0 Å². The number of aromatic nitrogens is 2. The van der Waals surface area contributed by atoms with Crippen LogP contribution in [0.25, 0.3) is 11.1 Å². The summed E-state index contributed by atoms with van der Waals surface area (Å²) in [7, 11) is 0. The highest BCUT2D eigenvalue weighted by Gasteiger charge is 2.17. The predicted octanol–water partition coefficient (Wildman–Crippen LogP) is 3.48. The zero-order valence-corrected chi connectivity index (χ0v) is 16.3. The lowest BCUT2D eigenvalue weighted by Crippen LogP contribution is -2.22. The van der Waals surface area contributed by atoms with Gasteiger partial charge in [0.1, 0.15) is 0 Å². The summed E-state index contributed by atoms with van der Waals surface area (Å²) in [6.45, 7) is 2.40. The average Bonchev–Trinajstić information content (AvgIpc) is 3.39. The molecule has 3 amide bonds. The van der Waals surface area contributed by atoms with Crippen molar-refractivity contribution in [3.8, 4) is 0 Å². The van der Waals surface area contributed by atoms with Crippen LogP contribution in [0.5, 0.6) is 0 Å². The van der Waals surface area contributed by atoms with Crippen LogP contribution in [0.2, 0.25) is 0 Å². The Morgan fingerprint density at radius 1 is 1.13 bits per heavy atom. The van der Waals surface area contributed by atoms with Crippen molar-refractivity contribution in [1.82, 2.24) is 15.3 Å². The lowest BCUT2D eigenvalue weighted by atomic mass is 9.99. The molecule has 0 bridgehead atoms. The van der Waals surface area contributed by atoms with E-state index in [2.05, 4.69) is 25.6 Å². The average molecular weight is 400 g/mol. The SMILES string of the molecule is CC(=C1C=Nc2ccc(NC(N)=O)cc21)c1cc(CNC(=O)c2ccncc2)c[nH]1. The summed E-state index contributed by atoms with van der Waals surface area (Å²) in [5.41, 5.74) is 12.0. The number of primary amides is 1. The summed E-state index contributed by atoms with van der Waals surface area (Å²) < 4.78 is 0. The highest BCUT2D eigenvalue weighted by atomic mass is 16.2. The molecular formula is C22H20N6O2. The number of urea groups is 1. The van der Waals surface area contributed by atoms with Crippen LogP contribution in [-0.4, -0.2) is 28.1 Å². The zero-order valence-electron chi connectivity index (χ0n) is 16.3. The van der Waals surface area contributed by atoms with Crippen LogP contribution in [0.4, 0.5) is 16.2 Å². The Morgan fingerprint density at radius 2 is 1.93 bits per heavy atom. The monoisotopic (exact) mass is 400 g/mol. The van der Waals surface area contributed by atoms with E-state index >= 15 is 0 Å². The molecule has 8 nitrogen and oxygen atoms in total. The molecule has 3 aromatic rings. The lowest BCUT2D eigenvalue weighted by Gasteiger charge is -2.08. The van der Waals surface area contributed by atoms with Crippen molar-refractivity contribution in [3.05, 3.63) is 77.4 Å². The van der Waals surface area contributed by atoms with Gasteiger partial charge < -0.3 is 21.4 Å². The summed E-state index contributed by atoms with van der Waals surface area (Å²) in [6, 6.07) is 10.2. The second-order valence-electron chi connectivity index (χ2n) is 6.86. The Bertz CT molecular complexity index is 1180. The standard InChI is InChI=1S/C22H20N6O2/c1-13(18-12-26-19-3-2-16(9-17(18)19)28-22(23)30)20-8-14(10-25-20)11-27-21(29)15-4-6-24-7-5-15/h2-10,12,25H,11H2,1H3,(H,27,29)(H3,23,28,30). The number of nitrogens with zero attached hydrogens (tertiary/aromatic N) is 2. The largest absolute Gasteiger partial charge is 0.361 e. The molecule has 0 saturated heterocycles. The van der Waals surface area contributed by atoms with Gasteiger partial charge in [-0.1, -0.05) is 0 Å². The van der Waals surface area contributed by atoms with Crippen LogP contribution in [0.3, 0.4) is 0 Å². The van der Waals surface area contributed by atoms with Crippen LogP contribution in [0.15, 0.2) is 60.0 Å². The van der Waals surface area contributed by atoms with E-state index in [-0.39, 0.29) is 5.91 Å². The quantitative estimate of drug-likeness (QED) is 0.524. The van der Waals surface area contributed by atoms with Crippen LogP contribution >= 0.6 is 0 Å². The number of H-pyrrole nitrogens is 1. The Labute approximate surface area is 172 Å². The number of aromatic amines is 1. The number of nitrogens with one attached hydrogen (secondary N) is 3. The van der Waals surface area contributed by atoms with Gasteiger partial charge in [0, 0.05) is 59.4 Å². The first-order valence-electron chi connectivity index (χ1n) is 9.33. The summed E-state index contributed by atoms with van der Waals surface area (Å²) in [5, 5.41) is 5.48. The Hall–Kier alpha value is -4.20. The van der Waals surface area contributed by atoms with Crippen LogP contribution in [-0.2, 0) is 6.54 Å². The third-order valence-electron chi connectivity index (χ3n) is 4.83. The Balaban J connectivity index is 1.52. The molecule has 4 rings (SSSR count). The summed E-state index contributed by atoms with van der Waals surface area (Å²) in [6.07, 6.45) is 6.85. The van der Waals surface area contributed by atoms with Gasteiger partial charge in [-0.2, -0.15) is 0 Å². The van der Waals surface area contributed by atoms with E-state index in [1.54, 1.807) is 36.8 Å². The molecule has 0 atom stereocenters. The number of hydrogen-bond acceptors (Lipinski definition) is 4. The normalized spacial score (nSPS) is 13.6. The number of benzene rings is 1. The lowest BCUT2D eigenvalue weighted by molar-refractivity contribution is 0.0951. The number of carbonyl (C=O) groups excluding carboxylic acids is 2. The maximum absolute atomic E-state index is 12.2. The van der Waals surface area contributed by atoms with E-state index in [9.17, 15) is 9.59 Å². The molecular weight excluding hydrogens is 380 g/mol. The topological polar surface area (TPSA) is 125 Å². The van der Waals surface area contributed by atoms with Gasteiger partial charge in [0.25, 0.3) is 5.91 Å².